The van der Waals surface area contributed by atoms with Crippen molar-refractivity contribution >= 4 is 12.0 Å². The number of nitrogens with zero attached hydrogens (tertiary/aromatic N) is 1. The molecule has 1 rings (SSSR count). The number of carboxylic acid groups (broad SMARTS) is 1. The predicted molar refractivity (Wildman–Crippen MR) is 75.7 cm³/mol. The van der Waals surface area contributed by atoms with Crippen molar-refractivity contribution in [2.45, 2.75) is 58.1 Å². The Bertz CT molecular complexity index is 320. The third kappa shape index (κ3) is 5.77. The molecule has 1 saturated heterocycles. The van der Waals surface area contributed by atoms with E-state index in [0.29, 0.717) is 26.1 Å². The van der Waals surface area contributed by atoms with E-state index in [1.807, 2.05) is 13.8 Å². The number of rotatable bonds is 7. The normalized spacial score (nSPS) is 20.5. The molecule has 0 saturated carbocycles. The van der Waals surface area contributed by atoms with Gasteiger partial charge in [0.15, 0.2) is 0 Å². The Kier molecular flexibility index (Phi) is 7.36. The van der Waals surface area contributed by atoms with Crippen LogP contribution >= 0.6 is 0 Å². The number of hydrogen-bond donors (Lipinski definition) is 2. The highest BCUT2D eigenvalue weighted by Gasteiger charge is 2.25. The topological polar surface area (TPSA) is 78.9 Å². The molecule has 2 N–H and O–H groups in total. The fourth-order valence-electron chi connectivity index (χ4n) is 2.54. The molecule has 2 atom stereocenters. The van der Waals surface area contributed by atoms with E-state index in [2.05, 4.69) is 5.32 Å². The number of piperidine rings is 1. The molecule has 0 aromatic heterocycles. The zero-order valence-corrected chi connectivity index (χ0v) is 12.4. The lowest BCUT2D eigenvalue weighted by Crippen LogP contribution is -2.50. The minimum Gasteiger partial charge on any atom is -0.481 e. The van der Waals surface area contributed by atoms with Gasteiger partial charge < -0.3 is 20.1 Å². The summed E-state index contributed by atoms with van der Waals surface area (Å²) in [7, 11) is 0. The van der Waals surface area contributed by atoms with Crippen LogP contribution in [0.2, 0.25) is 0 Å². The number of carbonyl (C=O) groups excluding carboxylic acids is 1. The monoisotopic (exact) mass is 286 g/mol. The van der Waals surface area contributed by atoms with E-state index < -0.39 is 5.97 Å². The second-order valence-corrected chi connectivity index (χ2v) is 5.20. The molecule has 1 aliphatic heterocycles. The Morgan fingerprint density at radius 1 is 1.45 bits per heavy atom. The number of nitrogens with one attached hydrogen (secondary N) is 1. The van der Waals surface area contributed by atoms with Crippen molar-refractivity contribution in [2.24, 2.45) is 0 Å². The molecule has 0 aliphatic carbocycles. The third-order valence-corrected chi connectivity index (χ3v) is 3.45. The van der Waals surface area contributed by atoms with Crippen molar-refractivity contribution < 1.29 is 19.4 Å². The maximum absolute atomic E-state index is 12.2. The summed E-state index contributed by atoms with van der Waals surface area (Å²) < 4.78 is 5.56. The largest absolute Gasteiger partial charge is 0.481 e. The first kappa shape index (κ1) is 16.8. The summed E-state index contributed by atoms with van der Waals surface area (Å²) in [6.07, 6.45) is 3.51. The van der Waals surface area contributed by atoms with Crippen LogP contribution in [0.25, 0.3) is 0 Å². The van der Waals surface area contributed by atoms with Crippen LogP contribution in [0.4, 0.5) is 4.79 Å². The molecule has 0 radical (unpaired) electrons. The average Bonchev–Trinajstić information content (AvgIpc) is 2.39. The zero-order valence-electron chi connectivity index (χ0n) is 12.4. The molecular weight excluding hydrogens is 260 g/mol. The van der Waals surface area contributed by atoms with Crippen molar-refractivity contribution in [1.82, 2.24) is 10.2 Å². The van der Waals surface area contributed by atoms with Crippen LogP contribution in [0.1, 0.15) is 46.0 Å². The van der Waals surface area contributed by atoms with Crippen molar-refractivity contribution in [3.05, 3.63) is 0 Å². The number of aliphatic carboxylic acids is 1. The Morgan fingerprint density at radius 3 is 2.80 bits per heavy atom. The van der Waals surface area contributed by atoms with Gasteiger partial charge in [-0.3, -0.25) is 4.79 Å². The Labute approximate surface area is 120 Å². The summed E-state index contributed by atoms with van der Waals surface area (Å²) in [6.45, 7) is 5.88. The fourth-order valence-corrected chi connectivity index (χ4v) is 2.54. The van der Waals surface area contributed by atoms with Gasteiger partial charge in [-0.05, 0) is 26.2 Å². The van der Waals surface area contributed by atoms with Crippen molar-refractivity contribution in [1.29, 1.82) is 0 Å². The van der Waals surface area contributed by atoms with Crippen molar-refractivity contribution in [3.63, 3.8) is 0 Å². The minimum absolute atomic E-state index is 0.0255. The van der Waals surface area contributed by atoms with Gasteiger partial charge in [-0.25, -0.2) is 4.79 Å². The second kappa shape index (κ2) is 8.79. The lowest BCUT2D eigenvalue weighted by atomic mass is 10.1. The van der Waals surface area contributed by atoms with Gasteiger partial charge in [-0.2, -0.15) is 0 Å². The molecule has 0 bridgehead atoms. The van der Waals surface area contributed by atoms with Crippen LogP contribution in [0.15, 0.2) is 0 Å². The first-order chi connectivity index (χ1) is 9.56. The lowest BCUT2D eigenvalue weighted by Gasteiger charge is -2.33. The number of urea groups is 1. The Hall–Kier alpha value is -1.30. The highest BCUT2D eigenvalue weighted by atomic mass is 16.5. The van der Waals surface area contributed by atoms with Gasteiger partial charge in [-0.1, -0.05) is 13.3 Å². The summed E-state index contributed by atoms with van der Waals surface area (Å²) in [6, 6.07) is -0.466. The first-order valence-corrected chi connectivity index (χ1v) is 7.45. The van der Waals surface area contributed by atoms with E-state index in [4.69, 9.17) is 9.84 Å². The molecule has 1 heterocycles. The summed E-state index contributed by atoms with van der Waals surface area (Å²) in [4.78, 5) is 24.7. The van der Waals surface area contributed by atoms with Crippen molar-refractivity contribution in [3.8, 4) is 0 Å². The van der Waals surface area contributed by atoms with Gasteiger partial charge in [0.1, 0.15) is 0 Å². The molecule has 1 fully saturated rings. The number of hydrogen-bond acceptors (Lipinski definition) is 3. The molecule has 2 unspecified atom stereocenters. The fraction of sp³-hybridized carbons (Fsp3) is 0.857. The standard InChI is InChI=1S/C14H26N2O4/c1-3-6-11(9-13(17)18)15-14(19)16-8-5-7-12(10-16)20-4-2/h11-12H,3-10H2,1-2H3,(H,15,19)(H,17,18). The number of amides is 2. The predicted octanol–water partition coefficient (Wildman–Crippen LogP) is 1.84. The van der Waals surface area contributed by atoms with Gasteiger partial charge in [-0.15, -0.1) is 0 Å². The Morgan fingerprint density at radius 2 is 2.20 bits per heavy atom. The summed E-state index contributed by atoms with van der Waals surface area (Å²) >= 11 is 0. The molecule has 6 heteroatoms. The quantitative estimate of drug-likeness (QED) is 0.748. The summed E-state index contributed by atoms with van der Waals surface area (Å²) in [5.74, 6) is -0.880. The Balaban J connectivity index is 2.48. The third-order valence-electron chi connectivity index (χ3n) is 3.45. The second-order valence-electron chi connectivity index (χ2n) is 5.20. The first-order valence-electron chi connectivity index (χ1n) is 7.45. The van der Waals surface area contributed by atoms with Crippen LogP contribution in [0.3, 0.4) is 0 Å². The molecule has 0 aromatic rings. The van der Waals surface area contributed by atoms with E-state index >= 15 is 0 Å². The molecule has 6 nitrogen and oxygen atoms in total. The van der Waals surface area contributed by atoms with Gasteiger partial charge >= 0.3 is 12.0 Å². The maximum atomic E-state index is 12.2. The van der Waals surface area contributed by atoms with Crippen LogP contribution in [0, 0.1) is 0 Å². The van der Waals surface area contributed by atoms with Gasteiger partial charge in [0, 0.05) is 25.7 Å². The smallest absolute Gasteiger partial charge is 0.317 e. The minimum atomic E-state index is -0.880. The molecule has 1 aliphatic rings. The average molecular weight is 286 g/mol. The van der Waals surface area contributed by atoms with Gasteiger partial charge in [0.25, 0.3) is 0 Å². The van der Waals surface area contributed by atoms with E-state index in [1.54, 1.807) is 4.90 Å². The molecule has 116 valence electrons. The highest BCUT2D eigenvalue weighted by Crippen LogP contribution is 2.14. The van der Waals surface area contributed by atoms with E-state index in [9.17, 15) is 9.59 Å². The molecule has 0 aromatic carbocycles. The number of carbonyl (C=O) groups is 2. The van der Waals surface area contributed by atoms with E-state index in [1.165, 1.54) is 0 Å². The van der Waals surface area contributed by atoms with Gasteiger partial charge in [0.2, 0.25) is 0 Å². The van der Waals surface area contributed by atoms with Crippen LogP contribution in [-0.2, 0) is 9.53 Å². The number of ether oxygens (including phenoxy) is 1. The lowest BCUT2D eigenvalue weighted by molar-refractivity contribution is -0.137. The number of likely N-dealkylation sites (tertiary alicyclic amines) is 1. The van der Waals surface area contributed by atoms with E-state index in [0.717, 1.165) is 19.3 Å². The number of carboxylic acids is 1. The molecule has 20 heavy (non-hydrogen) atoms. The zero-order chi connectivity index (χ0) is 15.0. The molecule has 2 amide bonds. The SMILES string of the molecule is CCCC(CC(=O)O)NC(=O)N1CCCC(OCC)C1. The molecule has 0 spiro atoms. The highest BCUT2D eigenvalue weighted by molar-refractivity contribution is 5.76. The van der Waals surface area contributed by atoms with Gasteiger partial charge in [0.05, 0.1) is 12.5 Å². The van der Waals surface area contributed by atoms with E-state index in [-0.39, 0.29) is 24.6 Å². The summed E-state index contributed by atoms with van der Waals surface area (Å²) in [5.41, 5.74) is 0. The summed E-state index contributed by atoms with van der Waals surface area (Å²) in [5, 5.41) is 11.7. The van der Waals surface area contributed by atoms with Crippen LogP contribution in [0.5, 0.6) is 0 Å². The van der Waals surface area contributed by atoms with Crippen molar-refractivity contribution in [2.75, 3.05) is 19.7 Å². The van der Waals surface area contributed by atoms with Crippen LogP contribution < -0.4 is 5.32 Å². The van der Waals surface area contributed by atoms with Crippen LogP contribution in [-0.4, -0.2) is 53.8 Å². The molecular formula is C14H26N2O4. The maximum Gasteiger partial charge on any atom is 0.317 e.